The molecule has 7 nitrogen and oxygen atoms in total. The van der Waals surface area contributed by atoms with Gasteiger partial charge in [0.2, 0.25) is 0 Å². The topological polar surface area (TPSA) is 72.3 Å². The van der Waals surface area contributed by atoms with Gasteiger partial charge in [0.15, 0.2) is 5.13 Å². The van der Waals surface area contributed by atoms with E-state index in [1.807, 2.05) is 53.2 Å². The lowest BCUT2D eigenvalue weighted by Gasteiger charge is -2.34. The molecule has 0 radical (unpaired) electrons. The van der Waals surface area contributed by atoms with Gasteiger partial charge < -0.3 is 4.74 Å². The van der Waals surface area contributed by atoms with Crippen molar-refractivity contribution in [2.24, 2.45) is 0 Å². The highest BCUT2D eigenvalue weighted by Crippen LogP contribution is 2.29. The van der Waals surface area contributed by atoms with Gasteiger partial charge in [0.25, 0.3) is 5.91 Å². The van der Waals surface area contributed by atoms with Crippen LogP contribution in [-0.4, -0.2) is 50.9 Å². The summed E-state index contributed by atoms with van der Waals surface area (Å²) in [7, 11) is 0. The number of thiazole rings is 1. The van der Waals surface area contributed by atoms with Gasteiger partial charge in [-0.3, -0.25) is 15.0 Å². The van der Waals surface area contributed by atoms with Crippen molar-refractivity contribution in [3.05, 3.63) is 70.7 Å². The zero-order valence-electron chi connectivity index (χ0n) is 18.5. The van der Waals surface area contributed by atoms with Crippen molar-refractivity contribution < 1.29 is 9.53 Å². The molecule has 4 heterocycles. The molecule has 33 heavy (non-hydrogen) atoms. The van der Waals surface area contributed by atoms with Crippen LogP contribution in [-0.2, 0) is 11.3 Å². The summed E-state index contributed by atoms with van der Waals surface area (Å²) in [4.78, 5) is 21.2. The molecule has 1 aliphatic heterocycles. The highest BCUT2D eigenvalue weighted by molar-refractivity contribution is 7.14. The molecule has 9 heteroatoms. The number of morpholine rings is 1. The Hall–Kier alpha value is -2.85. The predicted molar refractivity (Wildman–Crippen MR) is 132 cm³/mol. The molecule has 170 valence electrons. The SMILES string of the molecule is CC1CN(Cc2csc(NC(=O)c3cn(-c4ccccc4)nc3-c3cccs3)n2)CC(C)O1. The molecule has 0 bridgehead atoms. The minimum Gasteiger partial charge on any atom is -0.373 e. The van der Waals surface area contributed by atoms with Gasteiger partial charge in [0.05, 0.1) is 34.0 Å². The Labute approximate surface area is 200 Å². The van der Waals surface area contributed by atoms with E-state index in [0.717, 1.165) is 35.9 Å². The third-order valence-corrected chi connectivity index (χ3v) is 7.07. The summed E-state index contributed by atoms with van der Waals surface area (Å²) in [5.74, 6) is -0.213. The van der Waals surface area contributed by atoms with Crippen LogP contribution < -0.4 is 5.32 Å². The Morgan fingerprint density at radius 1 is 1.12 bits per heavy atom. The Balaban J connectivity index is 1.34. The van der Waals surface area contributed by atoms with E-state index in [1.165, 1.54) is 11.3 Å². The van der Waals surface area contributed by atoms with E-state index in [2.05, 4.69) is 29.0 Å². The van der Waals surface area contributed by atoms with Gasteiger partial charge in [-0.15, -0.1) is 22.7 Å². The standard InChI is InChI=1S/C24H25N5O2S2/c1-16-11-28(12-17(2)31-16)13-18-15-33-24(25-18)26-23(30)20-14-29(19-7-4-3-5-8-19)27-22(20)21-9-6-10-32-21/h3-10,14-17H,11-13H2,1-2H3,(H,25,26,30). The largest absolute Gasteiger partial charge is 0.373 e. The van der Waals surface area contributed by atoms with Crippen molar-refractivity contribution in [2.45, 2.75) is 32.6 Å². The number of ether oxygens (including phenoxy) is 1. The maximum absolute atomic E-state index is 13.2. The number of para-hydroxylation sites is 1. The summed E-state index contributed by atoms with van der Waals surface area (Å²) in [5.41, 5.74) is 3.04. The smallest absolute Gasteiger partial charge is 0.261 e. The van der Waals surface area contributed by atoms with Crippen molar-refractivity contribution in [2.75, 3.05) is 18.4 Å². The summed E-state index contributed by atoms with van der Waals surface area (Å²) >= 11 is 3.01. The van der Waals surface area contributed by atoms with E-state index in [-0.39, 0.29) is 18.1 Å². The van der Waals surface area contributed by atoms with E-state index >= 15 is 0 Å². The number of rotatable bonds is 6. The highest BCUT2D eigenvalue weighted by atomic mass is 32.1. The van der Waals surface area contributed by atoms with Crippen molar-refractivity contribution in [3.8, 4) is 16.3 Å². The van der Waals surface area contributed by atoms with Crippen molar-refractivity contribution in [1.29, 1.82) is 0 Å². The normalized spacial score (nSPS) is 19.0. The summed E-state index contributed by atoms with van der Waals surface area (Å²) in [6, 6.07) is 13.7. The number of hydrogen-bond donors (Lipinski definition) is 1. The average Bonchev–Trinajstić information content (AvgIpc) is 3.54. The van der Waals surface area contributed by atoms with Gasteiger partial charge in [-0.05, 0) is 37.4 Å². The monoisotopic (exact) mass is 479 g/mol. The fraction of sp³-hybridized carbons (Fsp3) is 0.292. The molecule has 1 fully saturated rings. The Kier molecular flexibility index (Phi) is 6.37. The Morgan fingerprint density at radius 2 is 1.91 bits per heavy atom. The van der Waals surface area contributed by atoms with Crippen LogP contribution >= 0.6 is 22.7 Å². The lowest BCUT2D eigenvalue weighted by atomic mass is 10.2. The quantitative estimate of drug-likeness (QED) is 0.425. The second-order valence-electron chi connectivity index (χ2n) is 8.20. The number of benzene rings is 1. The van der Waals surface area contributed by atoms with Crippen LogP contribution in [0.5, 0.6) is 0 Å². The molecule has 5 rings (SSSR count). The van der Waals surface area contributed by atoms with Gasteiger partial charge in [-0.1, -0.05) is 24.3 Å². The zero-order chi connectivity index (χ0) is 22.8. The fourth-order valence-corrected chi connectivity index (χ4v) is 5.51. The van der Waals surface area contributed by atoms with Gasteiger partial charge in [0.1, 0.15) is 5.69 Å². The first-order valence-electron chi connectivity index (χ1n) is 10.9. The number of nitrogens with one attached hydrogen (secondary N) is 1. The molecule has 1 saturated heterocycles. The first kappa shape index (κ1) is 22.0. The Bertz CT molecular complexity index is 1210. The van der Waals surface area contributed by atoms with Crippen LogP contribution in [0.1, 0.15) is 29.9 Å². The summed E-state index contributed by atoms with van der Waals surface area (Å²) in [6.45, 7) is 6.70. The molecule has 1 aromatic carbocycles. The molecule has 3 aromatic heterocycles. The maximum Gasteiger partial charge on any atom is 0.261 e. The van der Waals surface area contributed by atoms with Crippen LogP contribution in [0.3, 0.4) is 0 Å². The second kappa shape index (κ2) is 9.56. The van der Waals surface area contributed by atoms with Crippen molar-refractivity contribution in [1.82, 2.24) is 19.7 Å². The number of anilines is 1. The first-order chi connectivity index (χ1) is 16.0. The third-order valence-electron chi connectivity index (χ3n) is 5.39. The van der Waals surface area contributed by atoms with Gasteiger partial charge in [-0.2, -0.15) is 5.10 Å². The molecular formula is C24H25N5O2S2. The highest BCUT2D eigenvalue weighted by Gasteiger charge is 2.24. The number of carbonyl (C=O) groups excluding carboxylic acids is 1. The molecule has 2 unspecified atom stereocenters. The summed E-state index contributed by atoms with van der Waals surface area (Å²) in [6.07, 6.45) is 2.21. The zero-order valence-corrected chi connectivity index (χ0v) is 20.1. The summed E-state index contributed by atoms with van der Waals surface area (Å²) < 4.78 is 7.56. The lowest BCUT2D eigenvalue weighted by molar-refractivity contribution is -0.0707. The van der Waals surface area contributed by atoms with Gasteiger partial charge in [0, 0.05) is 31.2 Å². The molecule has 2 atom stereocenters. The number of aromatic nitrogens is 3. The molecule has 1 N–H and O–H groups in total. The van der Waals surface area contributed by atoms with Crippen LogP contribution in [0, 0.1) is 0 Å². The van der Waals surface area contributed by atoms with Crippen LogP contribution in [0.4, 0.5) is 5.13 Å². The van der Waals surface area contributed by atoms with E-state index in [9.17, 15) is 4.79 Å². The maximum atomic E-state index is 13.2. The van der Waals surface area contributed by atoms with Crippen LogP contribution in [0.25, 0.3) is 16.3 Å². The molecule has 0 spiro atoms. The average molecular weight is 480 g/mol. The Morgan fingerprint density at radius 3 is 2.64 bits per heavy atom. The van der Waals surface area contributed by atoms with Gasteiger partial charge in [-0.25, -0.2) is 9.67 Å². The first-order valence-corrected chi connectivity index (χ1v) is 12.6. The predicted octanol–water partition coefficient (Wildman–Crippen LogP) is 4.92. The van der Waals surface area contributed by atoms with E-state index < -0.39 is 0 Å². The lowest BCUT2D eigenvalue weighted by Crippen LogP contribution is -2.44. The minimum absolute atomic E-state index is 0.211. The van der Waals surface area contributed by atoms with E-state index in [4.69, 9.17) is 9.84 Å². The number of carbonyl (C=O) groups is 1. The van der Waals surface area contributed by atoms with Crippen LogP contribution in [0.15, 0.2) is 59.4 Å². The third kappa shape index (κ3) is 5.06. The van der Waals surface area contributed by atoms with Crippen molar-refractivity contribution in [3.63, 3.8) is 0 Å². The molecular weight excluding hydrogens is 454 g/mol. The molecule has 0 aliphatic carbocycles. The van der Waals surface area contributed by atoms with E-state index in [1.54, 1.807) is 22.2 Å². The minimum atomic E-state index is -0.213. The summed E-state index contributed by atoms with van der Waals surface area (Å²) in [5, 5.41) is 12.3. The molecule has 1 amide bonds. The number of nitrogens with zero attached hydrogens (tertiary/aromatic N) is 4. The van der Waals surface area contributed by atoms with Gasteiger partial charge >= 0.3 is 0 Å². The second-order valence-corrected chi connectivity index (χ2v) is 10.0. The van der Waals surface area contributed by atoms with E-state index in [0.29, 0.717) is 16.4 Å². The number of hydrogen-bond acceptors (Lipinski definition) is 7. The number of thiophene rings is 1. The molecule has 1 aliphatic rings. The van der Waals surface area contributed by atoms with Crippen molar-refractivity contribution >= 4 is 33.7 Å². The van der Waals surface area contributed by atoms with Crippen LogP contribution in [0.2, 0.25) is 0 Å². The molecule has 0 saturated carbocycles. The molecule has 4 aromatic rings. The number of amides is 1. The fourth-order valence-electron chi connectivity index (χ4n) is 4.09.